The molecule has 0 saturated heterocycles. The number of nitrogens with zero attached hydrogens (tertiary/aromatic N) is 2. The number of aryl methyl sites for hydroxylation is 2. The normalized spacial score (nSPS) is 10.7. The van der Waals surface area contributed by atoms with Gasteiger partial charge in [-0.05, 0) is 67.9 Å². The maximum absolute atomic E-state index is 13.0. The molecule has 1 N–H and O–H groups in total. The summed E-state index contributed by atoms with van der Waals surface area (Å²) in [6.45, 7) is 3.60. The van der Waals surface area contributed by atoms with Crippen LogP contribution in [0.5, 0.6) is 0 Å². The van der Waals surface area contributed by atoms with Crippen molar-refractivity contribution in [3.05, 3.63) is 99.6 Å². The fourth-order valence-corrected chi connectivity index (χ4v) is 3.51. The van der Waals surface area contributed by atoms with Gasteiger partial charge >= 0.3 is 5.97 Å². The van der Waals surface area contributed by atoms with Gasteiger partial charge in [-0.25, -0.2) is 9.78 Å². The largest absolute Gasteiger partial charge is 0.465 e. The third kappa shape index (κ3) is 3.88. The zero-order valence-corrected chi connectivity index (χ0v) is 17.9. The first-order chi connectivity index (χ1) is 15.4. The minimum Gasteiger partial charge on any atom is -0.465 e. The first-order valence-corrected chi connectivity index (χ1v) is 9.98. The molecule has 0 radical (unpaired) electrons. The number of hydrogen-bond acceptors (Lipinski definition) is 5. The molecule has 160 valence electrons. The van der Waals surface area contributed by atoms with Crippen molar-refractivity contribution in [1.29, 1.82) is 0 Å². The van der Waals surface area contributed by atoms with Crippen molar-refractivity contribution in [1.82, 2.24) is 9.55 Å². The van der Waals surface area contributed by atoms with Gasteiger partial charge in [-0.15, -0.1) is 0 Å². The lowest BCUT2D eigenvalue weighted by atomic mass is 10.1. The number of para-hydroxylation sites is 1. The van der Waals surface area contributed by atoms with E-state index in [1.807, 2.05) is 13.0 Å². The third-order valence-electron chi connectivity index (χ3n) is 5.24. The van der Waals surface area contributed by atoms with Crippen LogP contribution in [0, 0.1) is 13.8 Å². The molecule has 1 aromatic heterocycles. The van der Waals surface area contributed by atoms with E-state index in [1.54, 1.807) is 67.6 Å². The number of fused-ring (bicyclic) bond motifs is 1. The summed E-state index contributed by atoms with van der Waals surface area (Å²) in [5, 5.41) is 3.35. The monoisotopic (exact) mass is 427 g/mol. The average Bonchev–Trinajstić information content (AvgIpc) is 2.80. The van der Waals surface area contributed by atoms with Crippen LogP contribution in [-0.2, 0) is 4.74 Å². The number of benzene rings is 3. The number of carbonyl (C=O) groups is 2. The number of carbonyl (C=O) groups excluding carboxylic acids is 2. The van der Waals surface area contributed by atoms with Crippen LogP contribution in [0.25, 0.3) is 16.6 Å². The highest BCUT2D eigenvalue weighted by molar-refractivity contribution is 6.05. The molecule has 0 saturated carbocycles. The summed E-state index contributed by atoms with van der Waals surface area (Å²) >= 11 is 0. The summed E-state index contributed by atoms with van der Waals surface area (Å²) in [4.78, 5) is 42.0. The van der Waals surface area contributed by atoms with Gasteiger partial charge in [0.05, 0.1) is 29.3 Å². The zero-order chi connectivity index (χ0) is 22.8. The second kappa shape index (κ2) is 8.47. The predicted octanol–water partition coefficient (Wildman–Crippen LogP) is 4.04. The Labute approximate surface area is 184 Å². The lowest BCUT2D eigenvalue weighted by Crippen LogP contribution is -2.22. The molecule has 0 unspecified atom stereocenters. The molecule has 0 spiro atoms. The zero-order valence-electron chi connectivity index (χ0n) is 17.9. The minimum absolute atomic E-state index is 0.166. The van der Waals surface area contributed by atoms with Crippen LogP contribution in [0.15, 0.2) is 71.5 Å². The molecular weight excluding hydrogens is 406 g/mol. The minimum atomic E-state index is -0.477. The Morgan fingerprint density at radius 2 is 1.62 bits per heavy atom. The summed E-state index contributed by atoms with van der Waals surface area (Å²) in [6, 6.07) is 18.9. The lowest BCUT2D eigenvalue weighted by Gasteiger charge is -2.12. The van der Waals surface area contributed by atoms with Crippen molar-refractivity contribution in [2.45, 2.75) is 13.8 Å². The van der Waals surface area contributed by atoms with Crippen molar-refractivity contribution >= 4 is 28.5 Å². The molecule has 7 nitrogen and oxygen atoms in total. The first-order valence-electron chi connectivity index (χ1n) is 9.98. The van der Waals surface area contributed by atoms with Gasteiger partial charge in [0.2, 0.25) is 0 Å². The van der Waals surface area contributed by atoms with E-state index in [1.165, 1.54) is 11.7 Å². The second-order valence-corrected chi connectivity index (χ2v) is 7.34. The van der Waals surface area contributed by atoms with Gasteiger partial charge in [0, 0.05) is 11.3 Å². The van der Waals surface area contributed by atoms with Gasteiger partial charge in [0.15, 0.2) is 0 Å². The van der Waals surface area contributed by atoms with Crippen LogP contribution in [0.3, 0.4) is 0 Å². The maximum atomic E-state index is 13.0. The van der Waals surface area contributed by atoms with E-state index in [4.69, 9.17) is 4.74 Å². The number of hydrogen-bond donors (Lipinski definition) is 1. The average molecular weight is 427 g/mol. The number of rotatable bonds is 4. The van der Waals surface area contributed by atoms with E-state index in [0.717, 1.165) is 5.56 Å². The molecule has 0 aliphatic heterocycles. The summed E-state index contributed by atoms with van der Waals surface area (Å²) < 4.78 is 6.26. The van der Waals surface area contributed by atoms with Crippen molar-refractivity contribution in [3.63, 3.8) is 0 Å². The molecule has 7 heteroatoms. The van der Waals surface area contributed by atoms with E-state index in [-0.39, 0.29) is 11.5 Å². The molecule has 0 atom stereocenters. The number of amides is 1. The fraction of sp³-hybridized carbons (Fsp3) is 0.120. The second-order valence-electron chi connectivity index (χ2n) is 7.34. The molecule has 3 aromatic carbocycles. The Bertz CT molecular complexity index is 1410. The fourth-order valence-electron chi connectivity index (χ4n) is 3.51. The number of ether oxygens (including phenoxy) is 1. The van der Waals surface area contributed by atoms with Gasteiger partial charge < -0.3 is 10.1 Å². The van der Waals surface area contributed by atoms with Gasteiger partial charge in [-0.3, -0.25) is 14.2 Å². The number of esters is 1. The van der Waals surface area contributed by atoms with Crippen molar-refractivity contribution in [2.24, 2.45) is 0 Å². The molecule has 0 fully saturated rings. The number of aromatic nitrogens is 2. The standard InChI is InChI=1S/C25H21N3O4/c1-15-8-9-18(25(31)32-3)14-22(15)27-23(29)17-10-12-19(13-11-17)28-16(2)26-21-7-5-4-6-20(21)24(28)30/h4-14H,1-3H3,(H,27,29). The first kappa shape index (κ1) is 21.0. The summed E-state index contributed by atoms with van der Waals surface area (Å²) in [7, 11) is 1.31. The smallest absolute Gasteiger partial charge is 0.337 e. The Balaban J connectivity index is 1.63. The van der Waals surface area contributed by atoms with Gasteiger partial charge in [-0.1, -0.05) is 18.2 Å². The Kier molecular flexibility index (Phi) is 5.55. The van der Waals surface area contributed by atoms with E-state index in [9.17, 15) is 14.4 Å². The van der Waals surface area contributed by atoms with Crippen LogP contribution >= 0.6 is 0 Å². The Hall–Kier alpha value is -4.26. The molecule has 0 bridgehead atoms. The predicted molar refractivity (Wildman–Crippen MR) is 123 cm³/mol. The van der Waals surface area contributed by atoms with Crippen molar-refractivity contribution < 1.29 is 14.3 Å². The highest BCUT2D eigenvalue weighted by Crippen LogP contribution is 2.19. The highest BCUT2D eigenvalue weighted by atomic mass is 16.5. The number of anilines is 1. The van der Waals surface area contributed by atoms with Crippen LogP contribution in [0.1, 0.15) is 32.1 Å². The SMILES string of the molecule is COC(=O)c1ccc(C)c(NC(=O)c2ccc(-n3c(C)nc4ccccc4c3=O)cc2)c1. The van der Waals surface area contributed by atoms with Gasteiger partial charge in [0.25, 0.3) is 11.5 Å². The van der Waals surface area contributed by atoms with Crippen LogP contribution in [0.2, 0.25) is 0 Å². The number of nitrogens with one attached hydrogen (secondary N) is 1. The van der Waals surface area contributed by atoms with Crippen LogP contribution in [0.4, 0.5) is 5.69 Å². The molecular formula is C25H21N3O4. The van der Waals surface area contributed by atoms with Crippen molar-refractivity contribution in [2.75, 3.05) is 12.4 Å². The molecule has 4 aromatic rings. The topological polar surface area (TPSA) is 90.3 Å². The van der Waals surface area contributed by atoms with Crippen LogP contribution in [-0.4, -0.2) is 28.5 Å². The summed E-state index contributed by atoms with van der Waals surface area (Å²) in [6.07, 6.45) is 0. The van der Waals surface area contributed by atoms with Crippen molar-refractivity contribution in [3.8, 4) is 5.69 Å². The van der Waals surface area contributed by atoms with Gasteiger partial charge in [0.1, 0.15) is 5.82 Å². The third-order valence-corrected chi connectivity index (χ3v) is 5.24. The summed E-state index contributed by atoms with van der Waals surface area (Å²) in [5.41, 5.74) is 3.19. The van der Waals surface area contributed by atoms with E-state index < -0.39 is 5.97 Å². The highest BCUT2D eigenvalue weighted by Gasteiger charge is 2.13. The summed E-state index contributed by atoms with van der Waals surface area (Å²) in [5.74, 6) is -0.252. The molecule has 1 heterocycles. The molecule has 0 aliphatic carbocycles. The molecule has 4 rings (SSSR count). The van der Waals surface area contributed by atoms with E-state index >= 15 is 0 Å². The lowest BCUT2D eigenvalue weighted by molar-refractivity contribution is 0.0600. The maximum Gasteiger partial charge on any atom is 0.337 e. The number of methoxy groups -OCH3 is 1. The van der Waals surface area contributed by atoms with Gasteiger partial charge in [-0.2, -0.15) is 0 Å². The molecule has 32 heavy (non-hydrogen) atoms. The Morgan fingerprint density at radius 3 is 2.34 bits per heavy atom. The van der Waals surface area contributed by atoms with Crippen LogP contribution < -0.4 is 10.9 Å². The van der Waals surface area contributed by atoms with E-state index in [2.05, 4.69) is 10.3 Å². The quantitative estimate of drug-likeness (QED) is 0.497. The molecule has 0 aliphatic rings. The van der Waals surface area contributed by atoms with E-state index in [0.29, 0.717) is 39.2 Å². The molecule has 1 amide bonds. The Morgan fingerprint density at radius 1 is 0.938 bits per heavy atom.